The lowest BCUT2D eigenvalue weighted by Crippen LogP contribution is -2.47. The van der Waals surface area contributed by atoms with Crippen LogP contribution in [0.25, 0.3) is 10.9 Å². The van der Waals surface area contributed by atoms with Gasteiger partial charge in [-0.15, -0.1) is 0 Å². The molecule has 0 spiro atoms. The second-order valence-corrected chi connectivity index (χ2v) is 6.23. The lowest BCUT2D eigenvalue weighted by Gasteiger charge is -2.15. The van der Waals surface area contributed by atoms with Crippen molar-refractivity contribution in [3.05, 3.63) is 65.3 Å². The maximum Gasteiger partial charge on any atom is 0.279 e. The molecule has 0 saturated carbocycles. The number of fused-ring (bicyclic) bond motifs is 1. The van der Waals surface area contributed by atoms with Crippen LogP contribution in [-0.4, -0.2) is 22.9 Å². The van der Waals surface area contributed by atoms with Crippen LogP contribution >= 0.6 is 11.6 Å². The summed E-state index contributed by atoms with van der Waals surface area (Å²) in [7, 11) is 0. The molecular weight excluding hydrogens is 354 g/mol. The number of nitrogens with one attached hydrogen (secondary N) is 3. The fourth-order valence-corrected chi connectivity index (χ4v) is 2.71. The van der Waals surface area contributed by atoms with Crippen LogP contribution in [0.15, 0.2) is 54.7 Å². The van der Waals surface area contributed by atoms with E-state index in [1.807, 2.05) is 24.3 Å². The van der Waals surface area contributed by atoms with Gasteiger partial charge in [0.1, 0.15) is 5.75 Å². The predicted octanol–water partition coefficient (Wildman–Crippen LogP) is 2.98. The molecule has 0 aliphatic heterocycles. The summed E-state index contributed by atoms with van der Waals surface area (Å²) in [6.07, 6.45) is 1.15. The molecule has 1 aromatic heterocycles. The molecule has 1 atom stereocenters. The Balaban J connectivity index is 1.51. The standard InChI is InChI=1S/C19H18ClN3O3/c1-12(26-15-6-4-5-14(20)10-15)19(25)23-22-18(24)9-13-11-21-17-8-3-2-7-16(13)17/h2-8,10-12,21H,9H2,1H3,(H,22,24)(H,23,25)/t12-/m1/s1. The summed E-state index contributed by atoms with van der Waals surface area (Å²) in [4.78, 5) is 27.3. The molecule has 2 aromatic carbocycles. The number of carbonyl (C=O) groups excluding carboxylic acids is 2. The van der Waals surface area contributed by atoms with Gasteiger partial charge in [0.05, 0.1) is 6.42 Å². The number of aromatic nitrogens is 1. The highest BCUT2D eigenvalue weighted by molar-refractivity contribution is 6.30. The van der Waals surface area contributed by atoms with Crippen molar-refractivity contribution in [3.63, 3.8) is 0 Å². The molecule has 3 N–H and O–H groups in total. The Labute approximate surface area is 155 Å². The lowest BCUT2D eigenvalue weighted by molar-refractivity contribution is -0.132. The first-order valence-electron chi connectivity index (χ1n) is 8.09. The van der Waals surface area contributed by atoms with E-state index in [0.29, 0.717) is 10.8 Å². The third kappa shape index (κ3) is 4.34. The first-order valence-corrected chi connectivity index (χ1v) is 8.46. The smallest absolute Gasteiger partial charge is 0.279 e. The number of H-pyrrole nitrogens is 1. The molecule has 0 aliphatic rings. The molecule has 2 amide bonds. The monoisotopic (exact) mass is 371 g/mol. The summed E-state index contributed by atoms with van der Waals surface area (Å²) < 4.78 is 5.50. The number of hydrogen-bond donors (Lipinski definition) is 3. The van der Waals surface area contributed by atoms with Gasteiger partial charge in [-0.2, -0.15) is 0 Å². The zero-order valence-electron chi connectivity index (χ0n) is 14.1. The van der Waals surface area contributed by atoms with Crippen molar-refractivity contribution in [1.29, 1.82) is 0 Å². The SMILES string of the molecule is C[C@@H](Oc1cccc(Cl)c1)C(=O)NNC(=O)Cc1c[nH]c2ccccc12. The first kappa shape index (κ1) is 17.8. The minimum absolute atomic E-state index is 0.147. The van der Waals surface area contributed by atoms with E-state index in [2.05, 4.69) is 15.8 Å². The van der Waals surface area contributed by atoms with Gasteiger partial charge in [0.25, 0.3) is 5.91 Å². The average Bonchev–Trinajstić information content (AvgIpc) is 3.02. The maximum absolute atomic E-state index is 12.1. The molecule has 0 fully saturated rings. The number of benzene rings is 2. The molecule has 0 bridgehead atoms. The Hall–Kier alpha value is -2.99. The number of aromatic amines is 1. The van der Waals surface area contributed by atoms with Crippen LogP contribution in [0.4, 0.5) is 0 Å². The van der Waals surface area contributed by atoms with Gasteiger partial charge in [-0.05, 0) is 36.8 Å². The molecule has 3 aromatic rings. The maximum atomic E-state index is 12.1. The Morgan fingerprint density at radius 1 is 1.15 bits per heavy atom. The van der Waals surface area contributed by atoms with Crippen LogP contribution in [0.2, 0.25) is 5.02 Å². The van der Waals surface area contributed by atoms with Gasteiger partial charge in [0, 0.05) is 22.1 Å². The van der Waals surface area contributed by atoms with Crippen molar-refractivity contribution >= 4 is 34.3 Å². The van der Waals surface area contributed by atoms with Gasteiger partial charge in [-0.25, -0.2) is 0 Å². The van der Waals surface area contributed by atoms with E-state index in [1.54, 1.807) is 37.4 Å². The van der Waals surface area contributed by atoms with Crippen molar-refractivity contribution in [1.82, 2.24) is 15.8 Å². The molecule has 7 heteroatoms. The lowest BCUT2D eigenvalue weighted by atomic mass is 10.1. The number of hydrogen-bond acceptors (Lipinski definition) is 3. The molecule has 134 valence electrons. The van der Waals surface area contributed by atoms with Crippen molar-refractivity contribution < 1.29 is 14.3 Å². The summed E-state index contributed by atoms with van der Waals surface area (Å²) in [5.74, 6) is -0.305. The van der Waals surface area contributed by atoms with E-state index in [1.165, 1.54) is 0 Å². The second-order valence-electron chi connectivity index (χ2n) is 5.79. The van der Waals surface area contributed by atoms with E-state index in [-0.39, 0.29) is 12.3 Å². The quantitative estimate of drug-likeness (QED) is 0.603. The summed E-state index contributed by atoms with van der Waals surface area (Å²) in [6.45, 7) is 1.59. The highest BCUT2D eigenvalue weighted by Gasteiger charge is 2.16. The van der Waals surface area contributed by atoms with Crippen molar-refractivity contribution in [2.24, 2.45) is 0 Å². The largest absolute Gasteiger partial charge is 0.481 e. The molecule has 26 heavy (non-hydrogen) atoms. The second kappa shape index (κ2) is 7.93. The van der Waals surface area contributed by atoms with Crippen LogP contribution in [0.1, 0.15) is 12.5 Å². The molecule has 1 heterocycles. The number of para-hydroxylation sites is 1. The molecule has 0 saturated heterocycles. The Morgan fingerprint density at radius 2 is 1.96 bits per heavy atom. The fourth-order valence-electron chi connectivity index (χ4n) is 2.53. The van der Waals surface area contributed by atoms with E-state index >= 15 is 0 Å². The molecule has 0 unspecified atom stereocenters. The normalized spacial score (nSPS) is 11.8. The fraction of sp³-hybridized carbons (Fsp3) is 0.158. The van der Waals surface area contributed by atoms with E-state index in [9.17, 15) is 9.59 Å². The highest BCUT2D eigenvalue weighted by atomic mass is 35.5. The van der Waals surface area contributed by atoms with Crippen LogP contribution < -0.4 is 15.6 Å². The summed E-state index contributed by atoms with van der Waals surface area (Å²) in [5, 5.41) is 1.49. The molecule has 3 rings (SSSR count). The molecule has 6 nitrogen and oxygen atoms in total. The number of carbonyl (C=O) groups is 2. The van der Waals surface area contributed by atoms with Crippen molar-refractivity contribution in [2.45, 2.75) is 19.4 Å². The van der Waals surface area contributed by atoms with E-state index in [4.69, 9.17) is 16.3 Å². The van der Waals surface area contributed by atoms with Gasteiger partial charge >= 0.3 is 0 Å². The highest BCUT2D eigenvalue weighted by Crippen LogP contribution is 2.19. The van der Waals surface area contributed by atoms with E-state index in [0.717, 1.165) is 16.5 Å². The molecular formula is C19H18ClN3O3. The average molecular weight is 372 g/mol. The van der Waals surface area contributed by atoms with Crippen LogP contribution in [0, 0.1) is 0 Å². The van der Waals surface area contributed by atoms with Gasteiger partial charge in [0.15, 0.2) is 6.10 Å². The number of amides is 2. The topological polar surface area (TPSA) is 83.2 Å². The van der Waals surface area contributed by atoms with Crippen LogP contribution in [0.5, 0.6) is 5.75 Å². The van der Waals surface area contributed by atoms with Gasteiger partial charge in [0.2, 0.25) is 5.91 Å². The molecule has 0 aliphatic carbocycles. The van der Waals surface area contributed by atoms with Crippen LogP contribution in [0.3, 0.4) is 0 Å². The number of ether oxygens (including phenoxy) is 1. The Morgan fingerprint density at radius 3 is 2.77 bits per heavy atom. The van der Waals surface area contributed by atoms with Gasteiger partial charge in [-0.3, -0.25) is 20.4 Å². The molecule has 0 radical (unpaired) electrons. The number of rotatable bonds is 5. The minimum atomic E-state index is -0.790. The third-order valence-electron chi connectivity index (χ3n) is 3.83. The Bertz CT molecular complexity index is 938. The number of hydrazine groups is 1. The van der Waals surface area contributed by atoms with Crippen molar-refractivity contribution in [3.8, 4) is 5.75 Å². The van der Waals surface area contributed by atoms with Gasteiger partial charge in [-0.1, -0.05) is 35.9 Å². The predicted molar refractivity (Wildman–Crippen MR) is 99.8 cm³/mol. The number of halogens is 1. The minimum Gasteiger partial charge on any atom is -0.481 e. The van der Waals surface area contributed by atoms with Crippen molar-refractivity contribution in [2.75, 3.05) is 0 Å². The van der Waals surface area contributed by atoms with Gasteiger partial charge < -0.3 is 9.72 Å². The third-order valence-corrected chi connectivity index (χ3v) is 4.06. The van der Waals surface area contributed by atoms with Crippen LogP contribution in [-0.2, 0) is 16.0 Å². The zero-order chi connectivity index (χ0) is 18.5. The summed E-state index contributed by atoms with van der Waals surface area (Å²) in [6, 6.07) is 14.5. The summed E-state index contributed by atoms with van der Waals surface area (Å²) >= 11 is 5.88. The summed E-state index contributed by atoms with van der Waals surface area (Å²) in [5.41, 5.74) is 6.59. The Kier molecular flexibility index (Phi) is 5.43. The zero-order valence-corrected chi connectivity index (χ0v) is 14.8. The van der Waals surface area contributed by atoms with E-state index < -0.39 is 12.0 Å². The first-order chi connectivity index (χ1) is 12.5.